The molecule has 0 saturated heterocycles. The first-order chi connectivity index (χ1) is 12.7. The Balaban J connectivity index is 1.63. The van der Waals surface area contributed by atoms with Crippen molar-refractivity contribution in [3.8, 4) is 0 Å². The third kappa shape index (κ3) is 3.47. The minimum absolute atomic E-state index is 0.0550. The fourth-order valence-electron chi connectivity index (χ4n) is 3.24. The highest BCUT2D eigenvalue weighted by atomic mass is 32.2. The zero-order chi connectivity index (χ0) is 18.1. The molecule has 2 aromatic carbocycles. The monoisotopic (exact) mass is 362 g/mol. The summed E-state index contributed by atoms with van der Waals surface area (Å²) in [4.78, 5) is 21.0. The molecule has 0 aliphatic heterocycles. The Morgan fingerprint density at radius 3 is 2.58 bits per heavy atom. The van der Waals surface area contributed by atoms with Crippen molar-refractivity contribution in [1.29, 1.82) is 0 Å². The molecule has 0 atom stereocenters. The fourth-order valence-corrected chi connectivity index (χ4v) is 3.65. The molecule has 1 fully saturated rings. The van der Waals surface area contributed by atoms with E-state index < -0.39 is 0 Å². The van der Waals surface area contributed by atoms with Crippen LogP contribution < -0.4 is 0 Å². The van der Waals surface area contributed by atoms with E-state index in [0.29, 0.717) is 12.5 Å². The van der Waals surface area contributed by atoms with E-state index in [0.717, 1.165) is 27.7 Å². The van der Waals surface area contributed by atoms with Gasteiger partial charge in [-0.2, -0.15) is 0 Å². The van der Waals surface area contributed by atoms with Gasteiger partial charge < -0.3 is 4.90 Å². The van der Waals surface area contributed by atoms with Crippen molar-refractivity contribution in [1.82, 2.24) is 9.88 Å². The van der Waals surface area contributed by atoms with E-state index >= 15 is 0 Å². The van der Waals surface area contributed by atoms with Crippen LogP contribution in [-0.2, 0) is 6.54 Å². The van der Waals surface area contributed by atoms with Gasteiger partial charge >= 0.3 is 0 Å². The standard InChI is InChI=1S/C22H22N2OS/c1-24(14-15-7-11-17(26-2)12-8-15)22(25)19-13-21(16-9-10-16)23-20-6-4-3-5-18(19)20/h3-8,11-13,16H,9-10,14H2,1-2H3. The smallest absolute Gasteiger partial charge is 0.254 e. The Morgan fingerprint density at radius 1 is 1.15 bits per heavy atom. The number of carbonyl (C=O) groups excluding carboxylic acids is 1. The van der Waals surface area contributed by atoms with Crippen LogP contribution in [0.15, 0.2) is 59.5 Å². The number of thioether (sulfide) groups is 1. The van der Waals surface area contributed by atoms with Crippen molar-refractivity contribution >= 4 is 28.6 Å². The predicted molar refractivity (Wildman–Crippen MR) is 108 cm³/mol. The lowest BCUT2D eigenvalue weighted by atomic mass is 10.0. The third-order valence-electron chi connectivity index (χ3n) is 4.89. The molecule has 4 heteroatoms. The Kier molecular flexibility index (Phi) is 4.68. The van der Waals surface area contributed by atoms with Gasteiger partial charge in [-0.3, -0.25) is 9.78 Å². The average molecular weight is 362 g/mol. The Bertz CT molecular complexity index is 948. The summed E-state index contributed by atoms with van der Waals surface area (Å²) in [5.74, 6) is 0.579. The lowest BCUT2D eigenvalue weighted by Crippen LogP contribution is -2.26. The molecule has 0 spiro atoms. The lowest BCUT2D eigenvalue weighted by molar-refractivity contribution is 0.0787. The minimum Gasteiger partial charge on any atom is -0.337 e. The van der Waals surface area contributed by atoms with Crippen molar-refractivity contribution in [3.63, 3.8) is 0 Å². The van der Waals surface area contributed by atoms with Gasteiger partial charge in [0, 0.05) is 35.5 Å². The molecule has 1 aliphatic carbocycles. The number of rotatable bonds is 5. The summed E-state index contributed by atoms with van der Waals surface area (Å²) in [5, 5.41) is 0.937. The molecule has 0 bridgehead atoms. The maximum absolute atomic E-state index is 13.2. The number of nitrogens with zero attached hydrogens (tertiary/aromatic N) is 2. The van der Waals surface area contributed by atoms with Crippen LogP contribution in [-0.4, -0.2) is 29.1 Å². The number of amides is 1. The number of aromatic nitrogens is 1. The Labute approximate surface area is 158 Å². The maximum atomic E-state index is 13.2. The summed E-state index contributed by atoms with van der Waals surface area (Å²) in [6.07, 6.45) is 4.42. The van der Waals surface area contributed by atoms with Crippen molar-refractivity contribution in [2.24, 2.45) is 0 Å². The SMILES string of the molecule is CSc1ccc(CN(C)C(=O)c2cc(C3CC3)nc3ccccc23)cc1. The van der Waals surface area contributed by atoms with Gasteiger partial charge in [-0.05, 0) is 48.9 Å². The van der Waals surface area contributed by atoms with Crippen LogP contribution in [0.25, 0.3) is 10.9 Å². The summed E-state index contributed by atoms with van der Waals surface area (Å²) < 4.78 is 0. The number of hydrogen-bond donors (Lipinski definition) is 0. The maximum Gasteiger partial charge on any atom is 0.254 e. The van der Waals surface area contributed by atoms with E-state index in [1.807, 2.05) is 37.4 Å². The van der Waals surface area contributed by atoms with Crippen LogP contribution in [0.5, 0.6) is 0 Å². The van der Waals surface area contributed by atoms with E-state index in [1.165, 1.54) is 17.7 Å². The molecule has 0 N–H and O–H groups in total. The number of hydrogen-bond acceptors (Lipinski definition) is 3. The second-order valence-electron chi connectivity index (χ2n) is 6.90. The van der Waals surface area contributed by atoms with Crippen molar-refractivity contribution in [2.45, 2.75) is 30.2 Å². The van der Waals surface area contributed by atoms with Crippen LogP contribution in [0.3, 0.4) is 0 Å². The normalized spacial score (nSPS) is 13.8. The van der Waals surface area contributed by atoms with Gasteiger partial charge in [0.1, 0.15) is 0 Å². The van der Waals surface area contributed by atoms with Crippen LogP contribution >= 0.6 is 11.8 Å². The van der Waals surface area contributed by atoms with Gasteiger partial charge in [0.05, 0.1) is 11.1 Å². The third-order valence-corrected chi connectivity index (χ3v) is 5.63. The van der Waals surface area contributed by atoms with Crippen LogP contribution in [0, 0.1) is 0 Å². The number of carbonyl (C=O) groups is 1. The molecule has 0 unspecified atom stereocenters. The molecule has 3 aromatic rings. The quantitative estimate of drug-likeness (QED) is 0.592. The summed E-state index contributed by atoms with van der Waals surface area (Å²) in [7, 11) is 1.87. The first-order valence-corrected chi connectivity index (χ1v) is 10.2. The molecule has 26 heavy (non-hydrogen) atoms. The molecule has 1 aliphatic rings. The predicted octanol–water partition coefficient (Wildman–Crippen LogP) is 5.11. The zero-order valence-corrected chi connectivity index (χ0v) is 15.9. The van der Waals surface area contributed by atoms with E-state index in [9.17, 15) is 4.79 Å². The molecule has 0 radical (unpaired) electrons. The van der Waals surface area contributed by atoms with Gasteiger partial charge in [0.2, 0.25) is 0 Å². The largest absolute Gasteiger partial charge is 0.337 e. The van der Waals surface area contributed by atoms with Crippen molar-refractivity contribution in [3.05, 3.63) is 71.4 Å². The van der Waals surface area contributed by atoms with Gasteiger partial charge in [0.15, 0.2) is 0 Å². The van der Waals surface area contributed by atoms with Crippen molar-refractivity contribution < 1.29 is 4.79 Å². The summed E-state index contributed by atoms with van der Waals surface area (Å²) in [5.41, 5.74) is 3.88. The number of pyridine rings is 1. The first kappa shape index (κ1) is 17.1. The lowest BCUT2D eigenvalue weighted by Gasteiger charge is -2.19. The highest BCUT2D eigenvalue weighted by Gasteiger charge is 2.27. The van der Waals surface area contributed by atoms with Crippen LogP contribution in [0.1, 0.15) is 40.4 Å². The minimum atomic E-state index is 0.0550. The molecule has 1 saturated carbocycles. The Hall–Kier alpha value is -2.33. The average Bonchev–Trinajstić information content (AvgIpc) is 3.52. The van der Waals surface area contributed by atoms with Gasteiger partial charge in [-0.25, -0.2) is 0 Å². The molecule has 3 nitrogen and oxygen atoms in total. The molecular weight excluding hydrogens is 340 g/mol. The van der Waals surface area contributed by atoms with Crippen LogP contribution in [0.4, 0.5) is 0 Å². The van der Waals surface area contributed by atoms with Crippen LogP contribution in [0.2, 0.25) is 0 Å². The number of para-hydroxylation sites is 1. The van der Waals surface area contributed by atoms with E-state index in [2.05, 4.69) is 30.5 Å². The second-order valence-corrected chi connectivity index (χ2v) is 7.78. The highest BCUT2D eigenvalue weighted by molar-refractivity contribution is 7.98. The van der Waals surface area contributed by atoms with E-state index in [1.54, 1.807) is 16.7 Å². The molecule has 4 rings (SSSR count). The zero-order valence-electron chi connectivity index (χ0n) is 15.1. The Morgan fingerprint density at radius 2 is 1.88 bits per heavy atom. The number of benzene rings is 2. The first-order valence-electron chi connectivity index (χ1n) is 8.94. The summed E-state index contributed by atoms with van der Waals surface area (Å²) in [6.45, 7) is 0.600. The van der Waals surface area contributed by atoms with Gasteiger partial charge in [-0.15, -0.1) is 11.8 Å². The van der Waals surface area contributed by atoms with Gasteiger partial charge in [0.25, 0.3) is 5.91 Å². The molecule has 132 valence electrons. The number of fused-ring (bicyclic) bond motifs is 1. The molecule has 1 amide bonds. The molecular formula is C22H22N2OS. The van der Waals surface area contributed by atoms with Gasteiger partial charge in [-0.1, -0.05) is 30.3 Å². The molecule has 1 aromatic heterocycles. The topological polar surface area (TPSA) is 33.2 Å². The van der Waals surface area contributed by atoms with E-state index in [4.69, 9.17) is 4.98 Å². The fraction of sp³-hybridized carbons (Fsp3) is 0.273. The summed E-state index contributed by atoms with van der Waals surface area (Å²) in [6, 6.07) is 18.3. The highest BCUT2D eigenvalue weighted by Crippen LogP contribution is 2.40. The summed E-state index contributed by atoms with van der Waals surface area (Å²) >= 11 is 1.72. The van der Waals surface area contributed by atoms with E-state index in [-0.39, 0.29) is 5.91 Å². The molecule has 1 heterocycles. The van der Waals surface area contributed by atoms with Crippen molar-refractivity contribution in [2.75, 3.05) is 13.3 Å². The second kappa shape index (κ2) is 7.12.